The normalized spacial score (nSPS) is 10.4. The van der Waals surface area contributed by atoms with Crippen LogP contribution in [-0.4, -0.2) is 5.91 Å². The molecule has 1 aromatic heterocycles. The van der Waals surface area contributed by atoms with Crippen LogP contribution >= 0.6 is 38.9 Å². The number of amides is 1. The molecule has 1 amide bonds. The highest BCUT2D eigenvalue weighted by molar-refractivity contribution is 9.10. The highest BCUT2D eigenvalue weighted by Gasteiger charge is 2.09. The maximum Gasteiger partial charge on any atom is 0.265 e. The molecule has 0 aliphatic carbocycles. The van der Waals surface area contributed by atoms with Crippen LogP contribution in [0.5, 0.6) is 0 Å². The number of rotatable bonds is 3. The van der Waals surface area contributed by atoms with Crippen molar-refractivity contribution in [1.82, 2.24) is 0 Å². The van der Waals surface area contributed by atoms with Gasteiger partial charge in [-0.15, -0.1) is 11.3 Å². The third kappa shape index (κ3) is 3.13. The Bertz CT molecular complexity index is 582. The molecule has 0 bridgehead atoms. The van der Waals surface area contributed by atoms with Crippen LogP contribution in [-0.2, 0) is 6.42 Å². The van der Waals surface area contributed by atoms with Gasteiger partial charge in [-0.3, -0.25) is 4.79 Å². The number of carbonyl (C=O) groups is 1. The molecule has 2 rings (SSSR count). The van der Waals surface area contributed by atoms with E-state index in [4.69, 9.17) is 11.6 Å². The molecule has 18 heavy (non-hydrogen) atoms. The fourth-order valence-corrected chi connectivity index (χ4v) is 2.80. The zero-order valence-corrected chi connectivity index (χ0v) is 12.8. The highest BCUT2D eigenvalue weighted by atomic mass is 79.9. The number of carbonyl (C=O) groups excluding carboxylic acids is 1. The molecule has 2 nitrogen and oxygen atoms in total. The molecule has 5 heteroatoms. The summed E-state index contributed by atoms with van der Waals surface area (Å²) in [5, 5.41) is 3.47. The maximum atomic E-state index is 12.0. The topological polar surface area (TPSA) is 29.1 Å². The van der Waals surface area contributed by atoms with Gasteiger partial charge in [-0.05, 0) is 52.7 Å². The Morgan fingerprint density at radius 2 is 2.17 bits per heavy atom. The molecule has 0 spiro atoms. The van der Waals surface area contributed by atoms with E-state index in [1.165, 1.54) is 16.2 Å². The lowest BCUT2D eigenvalue weighted by molar-refractivity contribution is 0.103. The number of anilines is 1. The van der Waals surface area contributed by atoms with Crippen LogP contribution in [0.2, 0.25) is 5.02 Å². The van der Waals surface area contributed by atoms with Gasteiger partial charge >= 0.3 is 0 Å². The molecule has 0 atom stereocenters. The molecule has 0 aliphatic heterocycles. The van der Waals surface area contributed by atoms with Gasteiger partial charge < -0.3 is 5.32 Å². The molecule has 94 valence electrons. The number of nitrogens with one attached hydrogen (secondary N) is 1. The number of aryl methyl sites for hydroxylation is 1. The van der Waals surface area contributed by atoms with Crippen LogP contribution in [0.3, 0.4) is 0 Å². The van der Waals surface area contributed by atoms with Gasteiger partial charge in [-0.2, -0.15) is 0 Å². The van der Waals surface area contributed by atoms with Crippen molar-refractivity contribution in [2.45, 2.75) is 13.3 Å². The van der Waals surface area contributed by atoms with Crippen molar-refractivity contribution in [2.75, 3.05) is 5.32 Å². The Morgan fingerprint density at radius 1 is 1.39 bits per heavy atom. The minimum absolute atomic E-state index is 0.0890. The SMILES string of the molecule is CCc1ccc(C(=O)Nc2ccc(Cl)c(Br)c2)s1. The van der Waals surface area contributed by atoms with Gasteiger partial charge in [0.25, 0.3) is 5.91 Å². The van der Waals surface area contributed by atoms with E-state index in [0.717, 1.165) is 21.5 Å². The van der Waals surface area contributed by atoms with Gasteiger partial charge in [-0.1, -0.05) is 18.5 Å². The van der Waals surface area contributed by atoms with E-state index in [0.29, 0.717) is 5.02 Å². The van der Waals surface area contributed by atoms with E-state index >= 15 is 0 Å². The molecular formula is C13H11BrClNOS. The van der Waals surface area contributed by atoms with E-state index in [2.05, 4.69) is 28.2 Å². The summed E-state index contributed by atoms with van der Waals surface area (Å²) >= 11 is 10.7. The molecule has 1 aromatic carbocycles. The molecular weight excluding hydrogens is 334 g/mol. The van der Waals surface area contributed by atoms with E-state index in [-0.39, 0.29) is 5.91 Å². The standard InChI is InChI=1S/C13H11BrClNOS/c1-2-9-4-6-12(18-9)13(17)16-8-3-5-11(15)10(14)7-8/h3-7H,2H2,1H3,(H,16,17). The molecule has 0 unspecified atom stereocenters. The van der Waals surface area contributed by atoms with Crippen molar-refractivity contribution < 1.29 is 4.79 Å². The second kappa shape index (κ2) is 5.87. The first-order chi connectivity index (χ1) is 8.60. The van der Waals surface area contributed by atoms with Crippen molar-refractivity contribution in [2.24, 2.45) is 0 Å². The fraction of sp³-hybridized carbons (Fsp3) is 0.154. The Balaban J connectivity index is 2.13. The van der Waals surface area contributed by atoms with Crippen LogP contribution in [0, 0.1) is 0 Å². The van der Waals surface area contributed by atoms with Crippen LogP contribution in [0.1, 0.15) is 21.5 Å². The van der Waals surface area contributed by atoms with E-state index < -0.39 is 0 Å². The molecule has 1 N–H and O–H groups in total. The number of halogens is 2. The molecule has 0 saturated heterocycles. The Kier molecular flexibility index (Phi) is 4.43. The van der Waals surface area contributed by atoms with Crippen molar-refractivity contribution >= 4 is 50.5 Å². The summed E-state index contributed by atoms with van der Waals surface area (Å²) in [5.74, 6) is -0.0890. The number of hydrogen-bond donors (Lipinski definition) is 1. The predicted octanol–water partition coefficient (Wildman–Crippen LogP) is 4.98. The smallest absolute Gasteiger partial charge is 0.265 e. The molecule has 0 aliphatic rings. The average Bonchev–Trinajstić information content (AvgIpc) is 2.82. The zero-order valence-electron chi connectivity index (χ0n) is 9.67. The summed E-state index contributed by atoms with van der Waals surface area (Å²) in [5.41, 5.74) is 0.725. The first kappa shape index (κ1) is 13.6. The molecule has 2 aromatic rings. The third-order valence-corrected chi connectivity index (χ3v) is 4.85. The van der Waals surface area contributed by atoms with Gasteiger partial charge in [0, 0.05) is 15.0 Å². The van der Waals surface area contributed by atoms with Crippen molar-refractivity contribution in [3.8, 4) is 0 Å². The Morgan fingerprint density at radius 3 is 2.78 bits per heavy atom. The van der Waals surface area contributed by atoms with Crippen LogP contribution in [0.15, 0.2) is 34.8 Å². The monoisotopic (exact) mass is 343 g/mol. The van der Waals surface area contributed by atoms with Crippen LogP contribution in [0.4, 0.5) is 5.69 Å². The zero-order chi connectivity index (χ0) is 13.1. The van der Waals surface area contributed by atoms with Crippen LogP contribution < -0.4 is 5.32 Å². The first-order valence-corrected chi connectivity index (χ1v) is 7.44. The van der Waals surface area contributed by atoms with Gasteiger partial charge in [0.2, 0.25) is 0 Å². The van der Waals surface area contributed by atoms with Crippen molar-refractivity contribution in [1.29, 1.82) is 0 Å². The quantitative estimate of drug-likeness (QED) is 0.836. The lowest BCUT2D eigenvalue weighted by atomic mass is 10.3. The summed E-state index contributed by atoms with van der Waals surface area (Å²) in [7, 11) is 0. The van der Waals surface area contributed by atoms with E-state index in [1.54, 1.807) is 18.2 Å². The summed E-state index contributed by atoms with van der Waals surface area (Å²) in [6.07, 6.45) is 0.949. The maximum absolute atomic E-state index is 12.0. The predicted molar refractivity (Wildman–Crippen MR) is 80.8 cm³/mol. The summed E-state index contributed by atoms with van der Waals surface area (Å²) in [6.45, 7) is 2.07. The number of thiophene rings is 1. The third-order valence-electron chi connectivity index (χ3n) is 2.41. The average molecular weight is 345 g/mol. The van der Waals surface area contributed by atoms with Gasteiger partial charge in [-0.25, -0.2) is 0 Å². The van der Waals surface area contributed by atoms with E-state index in [9.17, 15) is 4.79 Å². The van der Waals surface area contributed by atoms with Gasteiger partial charge in [0.1, 0.15) is 0 Å². The van der Waals surface area contributed by atoms with E-state index in [1.807, 2.05) is 12.1 Å². The Labute approximate surface area is 123 Å². The lowest BCUT2D eigenvalue weighted by Gasteiger charge is -2.04. The van der Waals surface area contributed by atoms with Gasteiger partial charge in [0.05, 0.1) is 9.90 Å². The second-order valence-electron chi connectivity index (χ2n) is 3.70. The molecule has 0 fully saturated rings. The van der Waals surface area contributed by atoms with Crippen molar-refractivity contribution in [3.05, 3.63) is 49.6 Å². The Hall–Kier alpha value is -0.840. The summed E-state index contributed by atoms with van der Waals surface area (Å²) < 4.78 is 0.766. The summed E-state index contributed by atoms with van der Waals surface area (Å²) in [4.78, 5) is 13.9. The fourth-order valence-electron chi connectivity index (χ4n) is 1.46. The number of benzene rings is 1. The second-order valence-corrected chi connectivity index (χ2v) is 6.13. The minimum Gasteiger partial charge on any atom is -0.321 e. The highest BCUT2D eigenvalue weighted by Crippen LogP contribution is 2.26. The first-order valence-electron chi connectivity index (χ1n) is 5.45. The van der Waals surface area contributed by atoms with Crippen LogP contribution in [0.25, 0.3) is 0 Å². The van der Waals surface area contributed by atoms with Crippen molar-refractivity contribution in [3.63, 3.8) is 0 Å². The molecule has 1 heterocycles. The summed E-state index contributed by atoms with van der Waals surface area (Å²) in [6, 6.07) is 9.14. The number of hydrogen-bond acceptors (Lipinski definition) is 2. The van der Waals surface area contributed by atoms with Gasteiger partial charge in [0.15, 0.2) is 0 Å². The molecule has 0 radical (unpaired) electrons. The largest absolute Gasteiger partial charge is 0.321 e. The minimum atomic E-state index is -0.0890. The molecule has 0 saturated carbocycles. The lowest BCUT2D eigenvalue weighted by Crippen LogP contribution is -2.09.